The van der Waals surface area contributed by atoms with Gasteiger partial charge in [-0.1, -0.05) is 104 Å². The smallest absolute Gasteiger partial charge is 0.407 e. The van der Waals surface area contributed by atoms with E-state index in [0.717, 1.165) is 37.7 Å². The first-order chi connectivity index (χ1) is 41.0. The van der Waals surface area contributed by atoms with Gasteiger partial charge in [0.15, 0.2) is 39.2 Å². The molecule has 5 fully saturated rings. The average Bonchev–Trinajstić information content (AvgIpc) is 1.60. The monoisotopic (exact) mass is 1230 g/mol. The maximum Gasteiger partial charge on any atom is 0.407 e. The van der Waals surface area contributed by atoms with Crippen LogP contribution in [0.2, 0.25) is 18.1 Å². The van der Waals surface area contributed by atoms with Gasteiger partial charge >= 0.3 is 24.1 Å². The van der Waals surface area contributed by atoms with Gasteiger partial charge in [-0.2, -0.15) is 0 Å². The van der Waals surface area contributed by atoms with E-state index in [1.54, 1.807) is 43.3 Å². The first kappa shape index (κ1) is 67.7. The Hall–Kier alpha value is -5.23. The third-order valence-corrected chi connectivity index (χ3v) is 25.0. The van der Waals surface area contributed by atoms with Crippen molar-refractivity contribution in [3.63, 3.8) is 0 Å². The maximum atomic E-state index is 14.5. The molecule has 2 aromatic rings. The van der Waals surface area contributed by atoms with Crippen molar-refractivity contribution < 1.29 is 86.4 Å². The Kier molecular flexibility index (Phi) is 21.7. The predicted octanol–water partition coefficient (Wildman–Crippen LogP) is 9.40. The number of aliphatic hydroxyl groups is 3. The topological polar surface area (TPSA) is 262 Å². The molecule has 17 atom stereocenters. The van der Waals surface area contributed by atoms with E-state index in [1.807, 2.05) is 0 Å². The van der Waals surface area contributed by atoms with Crippen molar-refractivity contribution in [3.05, 3.63) is 89.5 Å². The largest absolute Gasteiger partial charge is 0.497 e. The lowest BCUT2D eigenvalue weighted by molar-refractivity contribution is -0.345. The van der Waals surface area contributed by atoms with Crippen LogP contribution in [0.5, 0.6) is 5.75 Å². The van der Waals surface area contributed by atoms with Crippen LogP contribution in [0.25, 0.3) is 0 Å². The third kappa shape index (κ3) is 14.8. The SMILES string of the molecule is C=CCOC(=O)NCc1ccc(CNC(=O)OC2COC(OC3C(O)CO[C@H](OC4C[C@H]5C6CC=C7CC(O[Si](C)(C)C(C)(C)C)CCC7(C)C6CCC5(C)[C@@]4(O)[C@H](C)C(=O)CCC(C)C)C3OC(C)=O)C(OC(=O)c3ccc(OC)cc3)C2O)cc1. The van der Waals surface area contributed by atoms with Gasteiger partial charge in [0.05, 0.1) is 32.0 Å². The minimum atomic E-state index is -2.02. The molecule has 0 spiro atoms. The number of carbonyl (C=O) groups is 5. The fourth-order valence-electron chi connectivity index (χ4n) is 14.4. The number of amides is 2. The summed E-state index contributed by atoms with van der Waals surface area (Å²) in [6.45, 7) is 26.0. The molecule has 13 unspecified atom stereocenters. The second-order valence-corrected chi connectivity index (χ2v) is 32.1. The zero-order valence-corrected chi connectivity index (χ0v) is 54.0. The summed E-state index contributed by atoms with van der Waals surface area (Å²) >= 11 is 0. The lowest BCUT2D eigenvalue weighted by Crippen LogP contribution is -2.64. The van der Waals surface area contributed by atoms with Gasteiger partial charge < -0.3 is 73.0 Å². The van der Waals surface area contributed by atoms with E-state index < -0.39 is 118 Å². The van der Waals surface area contributed by atoms with Crippen LogP contribution < -0.4 is 15.4 Å². The van der Waals surface area contributed by atoms with Crippen molar-refractivity contribution in [2.75, 3.05) is 26.9 Å². The van der Waals surface area contributed by atoms with Crippen LogP contribution in [0.4, 0.5) is 9.59 Å². The fourth-order valence-corrected chi connectivity index (χ4v) is 15.7. The minimum Gasteiger partial charge on any atom is -0.497 e. The molecule has 2 amide bonds. The van der Waals surface area contributed by atoms with Gasteiger partial charge in [-0.3, -0.25) is 9.59 Å². The van der Waals surface area contributed by atoms with Gasteiger partial charge in [-0.25, -0.2) is 14.4 Å². The molecule has 6 aliphatic rings. The second kappa shape index (κ2) is 27.9. The van der Waals surface area contributed by atoms with Crippen LogP contribution >= 0.6 is 0 Å². The number of methoxy groups -OCH3 is 1. The highest BCUT2D eigenvalue weighted by molar-refractivity contribution is 6.74. The minimum absolute atomic E-state index is 0.0142. The molecule has 482 valence electrons. The van der Waals surface area contributed by atoms with E-state index in [-0.39, 0.29) is 71.8 Å². The van der Waals surface area contributed by atoms with Crippen LogP contribution in [-0.2, 0) is 65.0 Å². The molecule has 3 saturated carbocycles. The number of alkyl carbamates (subject to hydrolysis) is 2. The number of hydrogen-bond acceptors (Lipinski definition) is 18. The van der Waals surface area contributed by atoms with Crippen molar-refractivity contribution >= 4 is 38.2 Å². The molecule has 8 rings (SSSR count). The molecule has 0 radical (unpaired) electrons. The molecule has 2 aromatic carbocycles. The summed E-state index contributed by atoms with van der Waals surface area (Å²) in [4.78, 5) is 66.9. The molecular weight excluding hydrogens is 1140 g/mol. The average molecular weight is 1230 g/mol. The Morgan fingerprint density at radius 3 is 2.09 bits per heavy atom. The number of benzene rings is 2. The normalized spacial score (nSPS) is 33.5. The van der Waals surface area contributed by atoms with Crippen LogP contribution in [0.15, 0.2) is 72.8 Å². The number of ether oxygens (including phenoxy) is 9. The lowest BCUT2D eigenvalue weighted by atomic mass is 9.46. The molecule has 2 saturated heterocycles. The number of aliphatic hydroxyl groups excluding tert-OH is 2. The van der Waals surface area contributed by atoms with E-state index in [9.17, 15) is 39.3 Å². The zero-order valence-electron chi connectivity index (χ0n) is 53.0. The molecule has 21 heteroatoms. The summed E-state index contributed by atoms with van der Waals surface area (Å²) in [5.41, 5.74) is 0.379. The van der Waals surface area contributed by atoms with E-state index in [1.165, 1.54) is 37.8 Å². The Morgan fingerprint density at radius 2 is 1.47 bits per heavy atom. The van der Waals surface area contributed by atoms with E-state index in [0.29, 0.717) is 36.5 Å². The number of carbonyl (C=O) groups excluding carboxylic acids is 5. The second-order valence-electron chi connectivity index (χ2n) is 27.4. The highest BCUT2D eigenvalue weighted by Gasteiger charge is 2.71. The highest BCUT2D eigenvalue weighted by atomic mass is 28.4. The third-order valence-electron chi connectivity index (χ3n) is 20.5. The molecule has 0 bridgehead atoms. The summed E-state index contributed by atoms with van der Waals surface area (Å²) < 4.78 is 60.8. The van der Waals surface area contributed by atoms with Gasteiger partial charge in [-0.05, 0) is 134 Å². The number of esters is 2. The number of allylic oxidation sites excluding steroid dienone is 1. The summed E-state index contributed by atoms with van der Waals surface area (Å²) in [5, 5.41) is 43.1. The summed E-state index contributed by atoms with van der Waals surface area (Å²) in [7, 11) is -0.544. The Labute approximate surface area is 514 Å². The van der Waals surface area contributed by atoms with Crippen molar-refractivity contribution in [2.45, 2.75) is 218 Å². The standard InChI is InChI=1S/C66H96N2O18Si/c1-14-31-78-61(74)67-34-41-16-18-42(19-17-41)35-68-62(75)82-52-37-80-59(56(54(52)72)84-58(73)43-20-23-45(77-11)24-21-43)85-55-51(71)36-79-60(57(55)81-40(5)69)83-53-33-49-47-25-22-44-32-46(86-87(12,13)63(6,7)8)27-29-64(44,9)48(47)28-30-65(49,10)66(53,76)39(4)50(70)26-15-38(2)3/h14,16-24,38-39,46-49,51-57,59-60,71-72,76H,1,15,25-37H2,2-13H3,(H,67,74)(H,68,75)/t39-,46?,47?,48?,49+,51?,52?,53?,54?,55?,56?,57?,59?,60-,64?,65?,66-/m1/s1. The number of Topliss-reactive ketones (excluding diaryl/α,β-unsaturated/α-hetero) is 1. The highest BCUT2D eigenvalue weighted by Crippen LogP contribution is 2.69. The summed E-state index contributed by atoms with van der Waals surface area (Å²) in [5.74, 6) is -1.57. The van der Waals surface area contributed by atoms with Crippen LogP contribution in [-0.4, -0.2) is 147 Å². The van der Waals surface area contributed by atoms with Crippen molar-refractivity contribution in [2.24, 2.45) is 40.4 Å². The Bertz CT molecular complexity index is 2770. The van der Waals surface area contributed by atoms with Crippen LogP contribution in [0, 0.1) is 40.4 Å². The summed E-state index contributed by atoms with van der Waals surface area (Å²) in [6, 6.07) is 13.0. The molecule has 2 heterocycles. The molecule has 87 heavy (non-hydrogen) atoms. The first-order valence-corrected chi connectivity index (χ1v) is 34.0. The molecule has 5 N–H and O–H groups in total. The van der Waals surface area contributed by atoms with E-state index in [2.05, 4.69) is 84.8 Å². The molecular formula is C66H96N2O18Si. The lowest BCUT2D eigenvalue weighted by Gasteiger charge is -2.60. The van der Waals surface area contributed by atoms with E-state index >= 15 is 0 Å². The van der Waals surface area contributed by atoms with Gasteiger partial charge in [0.25, 0.3) is 0 Å². The molecule has 20 nitrogen and oxygen atoms in total. The van der Waals surface area contributed by atoms with Crippen molar-refractivity contribution in [1.29, 1.82) is 0 Å². The number of nitrogens with one attached hydrogen (secondary N) is 2. The molecule has 2 aliphatic heterocycles. The van der Waals surface area contributed by atoms with Crippen molar-refractivity contribution in [1.82, 2.24) is 10.6 Å². The van der Waals surface area contributed by atoms with Gasteiger partial charge in [-0.15, -0.1) is 0 Å². The van der Waals surface area contributed by atoms with E-state index in [4.69, 9.17) is 47.1 Å². The van der Waals surface area contributed by atoms with Gasteiger partial charge in [0, 0.05) is 43.9 Å². The first-order valence-electron chi connectivity index (χ1n) is 31.1. The summed E-state index contributed by atoms with van der Waals surface area (Å²) in [6.07, 6.45) is -4.76. The maximum absolute atomic E-state index is 14.5. The number of hydrogen-bond donors (Lipinski definition) is 5. The fraction of sp³-hybridized carbons (Fsp3) is 0.682. The molecule has 4 aliphatic carbocycles. The predicted molar refractivity (Wildman–Crippen MR) is 323 cm³/mol. The number of fused-ring (bicyclic) bond motifs is 5. The van der Waals surface area contributed by atoms with Gasteiger partial charge in [0.1, 0.15) is 42.1 Å². The quantitative estimate of drug-likeness (QED) is 0.0318. The van der Waals surface area contributed by atoms with Crippen molar-refractivity contribution in [3.8, 4) is 5.75 Å². The number of ketones is 1. The van der Waals surface area contributed by atoms with Crippen LogP contribution in [0.1, 0.15) is 142 Å². The zero-order chi connectivity index (χ0) is 63.4. The van der Waals surface area contributed by atoms with Crippen LogP contribution in [0.3, 0.4) is 0 Å². The Balaban J connectivity index is 1.03. The van der Waals surface area contributed by atoms with Gasteiger partial charge in [0.2, 0.25) is 0 Å². The Morgan fingerprint density at radius 1 is 0.828 bits per heavy atom. The number of rotatable bonds is 22. The molecule has 0 aromatic heterocycles.